The van der Waals surface area contributed by atoms with Crippen LogP contribution in [0.15, 0.2) is 35.8 Å². The van der Waals surface area contributed by atoms with Crippen LogP contribution in [0.2, 0.25) is 0 Å². The molecule has 1 fully saturated rings. The molecule has 22 heavy (non-hydrogen) atoms. The predicted molar refractivity (Wildman–Crippen MR) is 95.3 cm³/mol. The SMILES string of the molecule is CN(CCOc1ccc(CC2CNCS2)cc1)c1nccs1. The highest BCUT2D eigenvalue weighted by Crippen LogP contribution is 2.21. The van der Waals surface area contributed by atoms with Crippen LogP contribution in [0.1, 0.15) is 5.56 Å². The van der Waals surface area contributed by atoms with Gasteiger partial charge in [-0.15, -0.1) is 23.1 Å². The quantitative estimate of drug-likeness (QED) is 0.842. The molecule has 1 atom stereocenters. The Balaban J connectivity index is 1.42. The fourth-order valence-corrected chi connectivity index (χ4v) is 4.03. The Bertz CT molecular complexity index is 553. The van der Waals surface area contributed by atoms with Crippen molar-refractivity contribution < 1.29 is 4.74 Å². The maximum atomic E-state index is 5.82. The normalized spacial score (nSPS) is 17.6. The predicted octanol–water partition coefficient (Wildman–Crippen LogP) is 2.86. The number of anilines is 1. The molecule has 118 valence electrons. The second kappa shape index (κ2) is 7.85. The highest BCUT2D eigenvalue weighted by molar-refractivity contribution is 8.00. The van der Waals surface area contributed by atoms with E-state index in [0.29, 0.717) is 11.9 Å². The summed E-state index contributed by atoms with van der Waals surface area (Å²) in [7, 11) is 2.04. The number of ether oxygens (including phenoxy) is 1. The summed E-state index contributed by atoms with van der Waals surface area (Å²) in [6.07, 6.45) is 2.96. The van der Waals surface area contributed by atoms with E-state index >= 15 is 0 Å². The summed E-state index contributed by atoms with van der Waals surface area (Å²) in [5, 5.41) is 7.11. The molecule has 0 spiro atoms. The monoisotopic (exact) mass is 335 g/mol. The van der Waals surface area contributed by atoms with Crippen molar-refractivity contribution in [1.82, 2.24) is 10.3 Å². The van der Waals surface area contributed by atoms with Gasteiger partial charge in [-0.25, -0.2) is 4.98 Å². The van der Waals surface area contributed by atoms with Gasteiger partial charge in [-0.1, -0.05) is 12.1 Å². The molecule has 1 aromatic heterocycles. The van der Waals surface area contributed by atoms with Gasteiger partial charge in [-0.2, -0.15) is 0 Å². The fraction of sp³-hybridized carbons (Fsp3) is 0.438. The highest BCUT2D eigenvalue weighted by atomic mass is 32.2. The zero-order valence-electron chi connectivity index (χ0n) is 12.7. The lowest BCUT2D eigenvalue weighted by Gasteiger charge is -2.16. The van der Waals surface area contributed by atoms with Crippen molar-refractivity contribution in [2.75, 3.05) is 37.5 Å². The van der Waals surface area contributed by atoms with E-state index in [-0.39, 0.29) is 0 Å². The third kappa shape index (κ3) is 4.38. The van der Waals surface area contributed by atoms with E-state index in [1.54, 1.807) is 11.3 Å². The molecule has 1 aliphatic heterocycles. The Morgan fingerprint density at radius 2 is 2.23 bits per heavy atom. The third-order valence-corrected chi connectivity index (χ3v) is 5.68. The first-order valence-electron chi connectivity index (χ1n) is 7.46. The van der Waals surface area contributed by atoms with Gasteiger partial charge in [0.2, 0.25) is 0 Å². The Kier molecular flexibility index (Phi) is 5.58. The van der Waals surface area contributed by atoms with Crippen molar-refractivity contribution in [1.29, 1.82) is 0 Å². The summed E-state index contributed by atoms with van der Waals surface area (Å²) in [5.41, 5.74) is 1.38. The second-order valence-corrected chi connectivity index (χ2v) is 7.48. The molecule has 0 saturated carbocycles. The molecular weight excluding hydrogens is 314 g/mol. The lowest BCUT2D eigenvalue weighted by atomic mass is 10.1. The number of likely N-dealkylation sites (N-methyl/N-ethyl adjacent to an activating group) is 1. The van der Waals surface area contributed by atoms with Crippen molar-refractivity contribution in [2.24, 2.45) is 0 Å². The first-order valence-corrected chi connectivity index (χ1v) is 9.39. The first-order chi connectivity index (χ1) is 10.8. The molecule has 6 heteroatoms. The molecule has 3 rings (SSSR count). The van der Waals surface area contributed by atoms with Gasteiger partial charge >= 0.3 is 0 Å². The maximum absolute atomic E-state index is 5.82. The van der Waals surface area contributed by atoms with Crippen LogP contribution in [0.5, 0.6) is 5.75 Å². The minimum Gasteiger partial charge on any atom is -0.492 e. The van der Waals surface area contributed by atoms with E-state index in [1.165, 1.54) is 5.56 Å². The average molecular weight is 335 g/mol. The van der Waals surface area contributed by atoms with Gasteiger partial charge in [0.25, 0.3) is 0 Å². The third-order valence-electron chi connectivity index (χ3n) is 3.62. The summed E-state index contributed by atoms with van der Waals surface area (Å²) in [6.45, 7) is 2.61. The minimum atomic E-state index is 0.665. The Hall–Kier alpha value is -1.24. The van der Waals surface area contributed by atoms with E-state index < -0.39 is 0 Å². The van der Waals surface area contributed by atoms with Gasteiger partial charge in [0.15, 0.2) is 5.13 Å². The number of hydrogen-bond donors (Lipinski definition) is 1. The van der Waals surface area contributed by atoms with Gasteiger partial charge in [0.1, 0.15) is 12.4 Å². The average Bonchev–Trinajstić information content (AvgIpc) is 3.22. The first kappa shape index (κ1) is 15.6. The number of hydrogen-bond acceptors (Lipinski definition) is 6. The Morgan fingerprint density at radius 1 is 1.36 bits per heavy atom. The molecule has 0 aliphatic carbocycles. The van der Waals surface area contributed by atoms with Crippen molar-refractivity contribution in [2.45, 2.75) is 11.7 Å². The number of rotatable bonds is 7. The van der Waals surface area contributed by atoms with Crippen LogP contribution in [0.4, 0.5) is 5.13 Å². The maximum Gasteiger partial charge on any atom is 0.185 e. The summed E-state index contributed by atoms with van der Waals surface area (Å²) >= 11 is 3.65. The number of thioether (sulfide) groups is 1. The molecule has 0 bridgehead atoms. The molecular formula is C16H21N3OS2. The standard InChI is InChI=1S/C16H21N3OS2/c1-19(16-18-6-9-21-16)7-8-20-14-4-2-13(3-5-14)10-15-11-17-12-22-15/h2-6,9,15,17H,7-8,10-12H2,1H3. The van der Waals surface area contributed by atoms with Crippen LogP contribution in [0.25, 0.3) is 0 Å². The molecule has 1 saturated heterocycles. The van der Waals surface area contributed by atoms with Crippen molar-refractivity contribution in [3.8, 4) is 5.75 Å². The zero-order chi connectivity index (χ0) is 15.2. The molecule has 2 aromatic rings. The van der Waals surface area contributed by atoms with E-state index in [4.69, 9.17) is 4.74 Å². The Morgan fingerprint density at radius 3 is 2.91 bits per heavy atom. The molecule has 1 unspecified atom stereocenters. The van der Waals surface area contributed by atoms with E-state index in [0.717, 1.165) is 36.3 Å². The molecule has 4 nitrogen and oxygen atoms in total. The van der Waals surface area contributed by atoms with Gasteiger partial charge in [0.05, 0.1) is 6.54 Å². The molecule has 1 N–H and O–H groups in total. The number of nitrogens with zero attached hydrogens (tertiary/aromatic N) is 2. The van der Waals surface area contributed by atoms with Gasteiger partial charge in [-0.3, -0.25) is 0 Å². The van der Waals surface area contributed by atoms with Crippen LogP contribution in [0, 0.1) is 0 Å². The topological polar surface area (TPSA) is 37.4 Å². The van der Waals surface area contributed by atoms with Crippen LogP contribution in [-0.4, -0.2) is 42.9 Å². The number of aromatic nitrogens is 1. The van der Waals surface area contributed by atoms with E-state index in [2.05, 4.69) is 39.5 Å². The Labute approximate surface area is 139 Å². The summed E-state index contributed by atoms with van der Waals surface area (Å²) in [4.78, 5) is 6.40. The molecule has 1 aromatic carbocycles. The second-order valence-electron chi connectivity index (χ2n) is 5.32. The number of nitrogens with one attached hydrogen (secondary N) is 1. The van der Waals surface area contributed by atoms with Crippen LogP contribution in [0.3, 0.4) is 0 Å². The molecule has 1 aliphatic rings. The lowest BCUT2D eigenvalue weighted by molar-refractivity contribution is 0.326. The van der Waals surface area contributed by atoms with Crippen molar-refractivity contribution in [3.63, 3.8) is 0 Å². The van der Waals surface area contributed by atoms with Crippen LogP contribution >= 0.6 is 23.1 Å². The highest BCUT2D eigenvalue weighted by Gasteiger charge is 2.15. The van der Waals surface area contributed by atoms with E-state index in [1.807, 2.05) is 30.4 Å². The van der Waals surface area contributed by atoms with Crippen LogP contribution in [-0.2, 0) is 6.42 Å². The van der Waals surface area contributed by atoms with Gasteiger partial charge < -0.3 is 15.0 Å². The molecule has 0 radical (unpaired) electrons. The molecule has 0 amide bonds. The molecule has 2 heterocycles. The number of benzene rings is 1. The minimum absolute atomic E-state index is 0.665. The summed E-state index contributed by atoms with van der Waals surface area (Å²) < 4.78 is 5.82. The van der Waals surface area contributed by atoms with Crippen molar-refractivity contribution in [3.05, 3.63) is 41.4 Å². The summed E-state index contributed by atoms with van der Waals surface area (Å²) in [5.74, 6) is 2.02. The van der Waals surface area contributed by atoms with Crippen LogP contribution < -0.4 is 15.0 Å². The lowest BCUT2D eigenvalue weighted by Crippen LogP contribution is -2.23. The largest absolute Gasteiger partial charge is 0.492 e. The van der Waals surface area contributed by atoms with E-state index in [9.17, 15) is 0 Å². The zero-order valence-corrected chi connectivity index (χ0v) is 14.3. The fourth-order valence-electron chi connectivity index (χ4n) is 2.37. The van der Waals surface area contributed by atoms with Gasteiger partial charge in [0, 0.05) is 36.3 Å². The summed E-state index contributed by atoms with van der Waals surface area (Å²) in [6, 6.07) is 8.51. The van der Waals surface area contributed by atoms with Crippen molar-refractivity contribution >= 4 is 28.2 Å². The van der Waals surface area contributed by atoms with Gasteiger partial charge in [-0.05, 0) is 24.1 Å². The smallest absolute Gasteiger partial charge is 0.185 e. The number of thiazole rings is 1.